The van der Waals surface area contributed by atoms with E-state index >= 15 is 0 Å². The van der Waals surface area contributed by atoms with Crippen LogP contribution in [0, 0.1) is 6.92 Å². The van der Waals surface area contributed by atoms with Crippen LogP contribution in [-0.4, -0.2) is 21.4 Å². The molecule has 0 atom stereocenters. The summed E-state index contributed by atoms with van der Waals surface area (Å²) in [5, 5.41) is 2.82. The van der Waals surface area contributed by atoms with E-state index in [1.54, 1.807) is 54.7 Å². The fraction of sp³-hybridized carbons (Fsp3) is 0.0800. The molecule has 0 saturated carbocycles. The first-order valence-corrected chi connectivity index (χ1v) is 10.0. The van der Waals surface area contributed by atoms with E-state index in [-0.39, 0.29) is 18.2 Å². The zero-order valence-electron chi connectivity index (χ0n) is 17.4. The third-order valence-corrected chi connectivity index (χ3v) is 4.94. The standard InChI is InChI=1S/C25H21N3O4/c1-17-15-26-25(31)28(17)22-13-11-20(12-14-22)24(30)32-16-18-7-9-19(10-8-18)23(29)27-21-5-3-2-4-6-21/h2-15H,16H2,1H3,(H,26,31)(H,27,29). The number of H-pyrrole nitrogens is 1. The van der Waals surface area contributed by atoms with E-state index in [1.807, 2.05) is 37.3 Å². The van der Waals surface area contributed by atoms with Crippen LogP contribution >= 0.6 is 0 Å². The Hall–Kier alpha value is -4.39. The molecule has 7 heteroatoms. The smallest absolute Gasteiger partial charge is 0.338 e. The number of aromatic amines is 1. The van der Waals surface area contributed by atoms with Crippen molar-refractivity contribution in [1.82, 2.24) is 9.55 Å². The first-order chi connectivity index (χ1) is 15.5. The highest BCUT2D eigenvalue weighted by Gasteiger charge is 2.11. The van der Waals surface area contributed by atoms with Crippen LogP contribution in [0.4, 0.5) is 5.69 Å². The van der Waals surface area contributed by atoms with Crippen molar-refractivity contribution in [3.05, 3.63) is 118 Å². The van der Waals surface area contributed by atoms with Crippen LogP contribution in [-0.2, 0) is 11.3 Å². The van der Waals surface area contributed by atoms with Gasteiger partial charge in [0.25, 0.3) is 5.91 Å². The second-order valence-corrected chi connectivity index (χ2v) is 7.21. The van der Waals surface area contributed by atoms with Crippen molar-refractivity contribution in [1.29, 1.82) is 0 Å². The molecular weight excluding hydrogens is 406 g/mol. The Morgan fingerprint density at radius 1 is 0.906 bits per heavy atom. The number of hydrogen-bond donors (Lipinski definition) is 2. The van der Waals surface area contributed by atoms with Gasteiger partial charge in [0.1, 0.15) is 6.61 Å². The molecular formula is C25H21N3O4. The lowest BCUT2D eigenvalue weighted by Crippen LogP contribution is -2.16. The number of nitrogens with one attached hydrogen (secondary N) is 2. The number of hydrogen-bond acceptors (Lipinski definition) is 4. The van der Waals surface area contributed by atoms with Crippen LogP contribution < -0.4 is 11.0 Å². The molecule has 160 valence electrons. The Balaban J connectivity index is 1.35. The average Bonchev–Trinajstić information content (AvgIpc) is 3.16. The van der Waals surface area contributed by atoms with E-state index in [9.17, 15) is 14.4 Å². The lowest BCUT2D eigenvalue weighted by molar-refractivity contribution is 0.0472. The zero-order valence-corrected chi connectivity index (χ0v) is 17.4. The average molecular weight is 427 g/mol. The third kappa shape index (κ3) is 4.67. The van der Waals surface area contributed by atoms with Gasteiger partial charge in [-0.05, 0) is 61.0 Å². The maximum absolute atomic E-state index is 12.4. The van der Waals surface area contributed by atoms with Gasteiger partial charge in [-0.1, -0.05) is 30.3 Å². The predicted molar refractivity (Wildman–Crippen MR) is 121 cm³/mol. The summed E-state index contributed by atoms with van der Waals surface area (Å²) in [6.07, 6.45) is 1.63. The molecule has 0 aliphatic heterocycles. The Morgan fingerprint density at radius 2 is 1.56 bits per heavy atom. The Morgan fingerprint density at radius 3 is 2.19 bits per heavy atom. The third-order valence-electron chi connectivity index (χ3n) is 4.94. The number of aromatic nitrogens is 2. The lowest BCUT2D eigenvalue weighted by atomic mass is 10.1. The van der Waals surface area contributed by atoms with E-state index in [4.69, 9.17) is 4.74 Å². The number of aryl methyl sites for hydroxylation is 1. The molecule has 1 aromatic heterocycles. The molecule has 0 aliphatic rings. The lowest BCUT2D eigenvalue weighted by Gasteiger charge is -2.08. The van der Waals surface area contributed by atoms with Crippen molar-refractivity contribution in [2.45, 2.75) is 13.5 Å². The molecule has 0 unspecified atom stereocenters. The van der Waals surface area contributed by atoms with Crippen LogP contribution in [0.15, 0.2) is 89.9 Å². The number of benzene rings is 3. The molecule has 4 aromatic rings. The summed E-state index contributed by atoms with van der Waals surface area (Å²) >= 11 is 0. The molecule has 3 aromatic carbocycles. The minimum absolute atomic E-state index is 0.0809. The second kappa shape index (κ2) is 9.18. The number of imidazole rings is 1. The topological polar surface area (TPSA) is 93.2 Å². The van der Waals surface area contributed by atoms with Gasteiger partial charge in [0, 0.05) is 23.1 Å². The number of ether oxygens (including phenoxy) is 1. The van der Waals surface area contributed by atoms with Crippen LogP contribution in [0.5, 0.6) is 0 Å². The molecule has 1 amide bonds. The summed E-state index contributed by atoms with van der Waals surface area (Å²) in [7, 11) is 0. The highest BCUT2D eigenvalue weighted by atomic mass is 16.5. The summed E-state index contributed by atoms with van der Waals surface area (Å²) in [4.78, 5) is 39.2. The first kappa shape index (κ1) is 20.9. The fourth-order valence-corrected chi connectivity index (χ4v) is 3.23. The monoisotopic (exact) mass is 427 g/mol. The molecule has 1 heterocycles. The normalized spacial score (nSPS) is 10.5. The van der Waals surface area contributed by atoms with E-state index in [2.05, 4.69) is 10.3 Å². The van der Waals surface area contributed by atoms with E-state index in [1.165, 1.54) is 4.57 Å². The van der Waals surface area contributed by atoms with Crippen molar-refractivity contribution in [2.24, 2.45) is 0 Å². The largest absolute Gasteiger partial charge is 0.457 e. The highest BCUT2D eigenvalue weighted by molar-refractivity contribution is 6.04. The molecule has 0 aliphatic carbocycles. The van der Waals surface area contributed by atoms with Gasteiger partial charge >= 0.3 is 11.7 Å². The van der Waals surface area contributed by atoms with Crippen molar-refractivity contribution >= 4 is 17.6 Å². The Bertz CT molecular complexity index is 1290. The number of anilines is 1. The van der Waals surface area contributed by atoms with Crippen LogP contribution in [0.3, 0.4) is 0 Å². The predicted octanol–water partition coefficient (Wildman–Crippen LogP) is 4.08. The second-order valence-electron chi connectivity index (χ2n) is 7.21. The summed E-state index contributed by atoms with van der Waals surface area (Å²) in [6, 6.07) is 22.7. The number of amides is 1. The zero-order chi connectivity index (χ0) is 22.5. The van der Waals surface area contributed by atoms with Gasteiger partial charge in [-0.15, -0.1) is 0 Å². The molecule has 0 saturated heterocycles. The SMILES string of the molecule is Cc1c[nH]c(=O)n1-c1ccc(C(=O)OCc2ccc(C(=O)Nc3ccccc3)cc2)cc1. The van der Waals surface area contributed by atoms with Gasteiger partial charge < -0.3 is 15.0 Å². The highest BCUT2D eigenvalue weighted by Crippen LogP contribution is 2.13. The van der Waals surface area contributed by atoms with Gasteiger partial charge in [-0.3, -0.25) is 9.36 Å². The van der Waals surface area contributed by atoms with Crippen molar-refractivity contribution < 1.29 is 14.3 Å². The molecule has 7 nitrogen and oxygen atoms in total. The van der Waals surface area contributed by atoms with Gasteiger partial charge in [0.05, 0.1) is 11.3 Å². The Labute approximate surface area is 184 Å². The molecule has 4 rings (SSSR count). The summed E-state index contributed by atoms with van der Waals surface area (Å²) < 4.78 is 6.89. The van der Waals surface area contributed by atoms with E-state index in [0.717, 1.165) is 16.9 Å². The minimum Gasteiger partial charge on any atom is -0.457 e. The number of rotatable bonds is 6. The summed E-state index contributed by atoms with van der Waals surface area (Å²) in [5.74, 6) is -0.683. The molecule has 32 heavy (non-hydrogen) atoms. The molecule has 0 spiro atoms. The molecule has 0 bridgehead atoms. The van der Waals surface area contributed by atoms with E-state index in [0.29, 0.717) is 16.8 Å². The minimum atomic E-state index is -0.472. The maximum Gasteiger partial charge on any atom is 0.338 e. The van der Waals surface area contributed by atoms with E-state index < -0.39 is 5.97 Å². The van der Waals surface area contributed by atoms with Crippen LogP contribution in [0.1, 0.15) is 32.0 Å². The number of carbonyl (C=O) groups is 2. The number of carbonyl (C=O) groups excluding carboxylic acids is 2. The quantitative estimate of drug-likeness (QED) is 0.454. The summed E-state index contributed by atoms with van der Waals surface area (Å²) in [6.45, 7) is 1.90. The van der Waals surface area contributed by atoms with Gasteiger partial charge in [-0.25, -0.2) is 9.59 Å². The van der Waals surface area contributed by atoms with Gasteiger partial charge in [0.2, 0.25) is 0 Å². The molecule has 0 radical (unpaired) electrons. The first-order valence-electron chi connectivity index (χ1n) is 10.0. The maximum atomic E-state index is 12.4. The van der Waals surface area contributed by atoms with Crippen molar-refractivity contribution in [2.75, 3.05) is 5.32 Å². The number of para-hydroxylation sites is 1. The van der Waals surface area contributed by atoms with Crippen LogP contribution in [0.25, 0.3) is 5.69 Å². The van der Waals surface area contributed by atoms with Crippen LogP contribution in [0.2, 0.25) is 0 Å². The summed E-state index contributed by atoms with van der Waals surface area (Å²) in [5.41, 5.74) is 3.57. The molecule has 2 N–H and O–H groups in total. The Kier molecular flexibility index (Phi) is 5.98. The number of nitrogens with zero attached hydrogens (tertiary/aromatic N) is 1. The van der Waals surface area contributed by atoms with Gasteiger partial charge in [-0.2, -0.15) is 0 Å². The number of esters is 1. The van der Waals surface area contributed by atoms with Crippen molar-refractivity contribution in [3.8, 4) is 5.69 Å². The van der Waals surface area contributed by atoms with Gasteiger partial charge in [0.15, 0.2) is 0 Å². The molecule has 0 fully saturated rings. The fourth-order valence-electron chi connectivity index (χ4n) is 3.23. The van der Waals surface area contributed by atoms with Crippen molar-refractivity contribution in [3.63, 3.8) is 0 Å².